The fourth-order valence-corrected chi connectivity index (χ4v) is 3.95. The summed E-state index contributed by atoms with van der Waals surface area (Å²) in [4.78, 5) is 0. The predicted octanol–water partition coefficient (Wildman–Crippen LogP) is 1.72. The van der Waals surface area contributed by atoms with Gasteiger partial charge in [-0.05, 0) is 29.7 Å². The Kier molecular flexibility index (Phi) is 1.57. The predicted molar refractivity (Wildman–Crippen MR) is 57.3 cm³/mol. The van der Waals surface area contributed by atoms with Crippen molar-refractivity contribution in [1.82, 2.24) is 0 Å². The van der Waals surface area contributed by atoms with E-state index < -0.39 is 0 Å². The second kappa shape index (κ2) is 2.68. The summed E-state index contributed by atoms with van der Waals surface area (Å²) in [7, 11) is 0. The second-order valence-electron chi connectivity index (χ2n) is 3.88. The molecule has 1 fully saturated rings. The summed E-state index contributed by atoms with van der Waals surface area (Å²) in [5, 5.41) is 9.97. The van der Waals surface area contributed by atoms with Gasteiger partial charge >= 0.3 is 0 Å². The van der Waals surface area contributed by atoms with Crippen molar-refractivity contribution < 1.29 is 0 Å². The summed E-state index contributed by atoms with van der Waals surface area (Å²) in [6, 6.07) is 2.36. The highest BCUT2D eigenvalue weighted by molar-refractivity contribution is 8.01. The average molecular weight is 202 g/mol. The summed E-state index contributed by atoms with van der Waals surface area (Å²) < 4.78 is 0. The molecule has 3 aliphatic rings. The largest absolute Gasteiger partial charge is 0.399 e. The summed E-state index contributed by atoms with van der Waals surface area (Å²) in [6.45, 7) is 0. The number of nitrogens with zero attached hydrogens (tertiary/aromatic N) is 1. The molecule has 0 bridgehead atoms. The maximum atomic E-state index is 8.93. The van der Waals surface area contributed by atoms with E-state index in [-0.39, 0.29) is 5.92 Å². The molecule has 14 heavy (non-hydrogen) atoms. The van der Waals surface area contributed by atoms with Gasteiger partial charge in [0.1, 0.15) is 0 Å². The highest BCUT2D eigenvalue weighted by Gasteiger charge is 2.45. The van der Waals surface area contributed by atoms with Crippen molar-refractivity contribution in [3.63, 3.8) is 0 Å². The first-order chi connectivity index (χ1) is 6.79. The van der Waals surface area contributed by atoms with E-state index in [1.807, 2.05) is 23.9 Å². The molecule has 0 aromatic rings. The number of hydrogen-bond donors (Lipinski definition) is 1. The van der Waals surface area contributed by atoms with Crippen LogP contribution in [0.5, 0.6) is 0 Å². The van der Waals surface area contributed by atoms with Crippen molar-refractivity contribution in [2.24, 2.45) is 11.7 Å². The van der Waals surface area contributed by atoms with Crippen LogP contribution in [-0.4, -0.2) is 10.5 Å². The van der Waals surface area contributed by atoms with Crippen molar-refractivity contribution in [3.8, 4) is 6.07 Å². The molecule has 3 heteroatoms. The van der Waals surface area contributed by atoms with Crippen molar-refractivity contribution >= 4 is 11.8 Å². The minimum atomic E-state index is 0.156. The van der Waals surface area contributed by atoms with Crippen LogP contribution in [0.4, 0.5) is 0 Å². The number of thioether (sulfide) groups is 1. The van der Waals surface area contributed by atoms with Crippen LogP contribution in [-0.2, 0) is 0 Å². The third-order valence-electron chi connectivity index (χ3n) is 3.06. The Balaban J connectivity index is 2.06. The quantitative estimate of drug-likeness (QED) is 0.650. The van der Waals surface area contributed by atoms with E-state index in [0.29, 0.717) is 10.5 Å². The molecular formula is C11H10N2S. The average Bonchev–Trinajstić information content (AvgIpc) is 2.39. The van der Waals surface area contributed by atoms with Gasteiger partial charge in [0.15, 0.2) is 0 Å². The number of nitrogens with two attached hydrogens (primary N) is 1. The van der Waals surface area contributed by atoms with Gasteiger partial charge in [-0.15, -0.1) is 11.8 Å². The standard InChI is InChI=1S/C11H10N2S/c12-5-6-3-10-11(6)8-4-7(13)1-2-9(8)14-10/h1-2,4,6,9-10H,3,13H2. The second-order valence-corrected chi connectivity index (χ2v) is 5.23. The van der Waals surface area contributed by atoms with Gasteiger partial charge in [0.05, 0.1) is 12.0 Å². The molecule has 3 rings (SSSR count). The van der Waals surface area contributed by atoms with Gasteiger partial charge in [0.2, 0.25) is 0 Å². The first kappa shape index (κ1) is 8.19. The topological polar surface area (TPSA) is 49.8 Å². The lowest BCUT2D eigenvalue weighted by Gasteiger charge is -2.30. The van der Waals surface area contributed by atoms with E-state index in [4.69, 9.17) is 11.0 Å². The Hall–Kier alpha value is -1.14. The Labute approximate surface area is 87.2 Å². The summed E-state index contributed by atoms with van der Waals surface area (Å²) in [6.07, 6.45) is 7.18. The van der Waals surface area contributed by atoms with Crippen molar-refractivity contribution in [1.29, 1.82) is 5.26 Å². The SMILES string of the molecule is N#CC1CC2SC3C=CC(N)=CC3=C12. The van der Waals surface area contributed by atoms with Crippen molar-refractivity contribution in [2.45, 2.75) is 16.9 Å². The fraction of sp³-hybridized carbons (Fsp3) is 0.364. The van der Waals surface area contributed by atoms with Gasteiger partial charge in [-0.25, -0.2) is 0 Å². The molecule has 2 N–H and O–H groups in total. The first-order valence-electron chi connectivity index (χ1n) is 4.74. The highest BCUT2D eigenvalue weighted by Crippen LogP contribution is 2.54. The molecule has 1 heterocycles. The molecule has 3 unspecified atom stereocenters. The lowest BCUT2D eigenvalue weighted by molar-refractivity contribution is 0.560. The molecular weight excluding hydrogens is 192 g/mol. The zero-order chi connectivity index (χ0) is 9.71. The van der Waals surface area contributed by atoms with Crippen LogP contribution in [0.1, 0.15) is 6.42 Å². The van der Waals surface area contributed by atoms with Gasteiger partial charge in [0.25, 0.3) is 0 Å². The molecule has 0 amide bonds. The van der Waals surface area contributed by atoms with Crippen LogP contribution >= 0.6 is 11.8 Å². The lowest BCUT2D eigenvalue weighted by Crippen LogP contribution is -2.26. The maximum Gasteiger partial charge on any atom is 0.0703 e. The fourth-order valence-electron chi connectivity index (χ4n) is 2.33. The minimum absolute atomic E-state index is 0.156. The number of allylic oxidation sites excluding steroid dienone is 2. The molecule has 0 saturated heterocycles. The molecule has 3 atom stereocenters. The summed E-state index contributed by atoms with van der Waals surface area (Å²) in [5.41, 5.74) is 9.22. The Morgan fingerprint density at radius 3 is 3.21 bits per heavy atom. The summed E-state index contributed by atoms with van der Waals surface area (Å²) in [5.74, 6) is 0.156. The van der Waals surface area contributed by atoms with E-state index in [1.54, 1.807) is 0 Å². The third kappa shape index (κ3) is 0.921. The van der Waals surface area contributed by atoms with Crippen LogP contribution in [0.2, 0.25) is 0 Å². The van der Waals surface area contributed by atoms with Gasteiger partial charge in [-0.2, -0.15) is 5.26 Å². The van der Waals surface area contributed by atoms with Gasteiger partial charge in [-0.1, -0.05) is 6.08 Å². The van der Waals surface area contributed by atoms with Gasteiger partial charge in [0, 0.05) is 16.2 Å². The van der Waals surface area contributed by atoms with E-state index in [0.717, 1.165) is 12.1 Å². The molecule has 70 valence electrons. The van der Waals surface area contributed by atoms with E-state index in [9.17, 15) is 0 Å². The first-order valence-corrected chi connectivity index (χ1v) is 5.68. The minimum Gasteiger partial charge on any atom is -0.399 e. The zero-order valence-corrected chi connectivity index (χ0v) is 8.42. The van der Waals surface area contributed by atoms with Crippen LogP contribution in [0, 0.1) is 17.2 Å². The molecule has 0 radical (unpaired) electrons. The third-order valence-corrected chi connectivity index (χ3v) is 4.54. The highest BCUT2D eigenvalue weighted by atomic mass is 32.2. The zero-order valence-electron chi connectivity index (χ0n) is 7.60. The van der Waals surface area contributed by atoms with Crippen molar-refractivity contribution in [2.75, 3.05) is 0 Å². The molecule has 2 aliphatic carbocycles. The number of rotatable bonds is 0. The lowest BCUT2D eigenvalue weighted by atomic mass is 9.76. The van der Waals surface area contributed by atoms with Crippen LogP contribution in [0.15, 0.2) is 35.1 Å². The molecule has 1 aliphatic heterocycles. The molecule has 1 saturated carbocycles. The van der Waals surface area contributed by atoms with E-state index in [2.05, 4.69) is 12.1 Å². The number of nitriles is 1. The molecule has 2 nitrogen and oxygen atoms in total. The number of fused-ring (bicyclic) bond motifs is 2. The maximum absolute atomic E-state index is 8.93. The Morgan fingerprint density at radius 1 is 1.57 bits per heavy atom. The van der Waals surface area contributed by atoms with Crippen molar-refractivity contribution in [3.05, 3.63) is 35.1 Å². The molecule has 0 aromatic heterocycles. The van der Waals surface area contributed by atoms with Gasteiger partial charge in [-0.3, -0.25) is 0 Å². The molecule has 0 spiro atoms. The van der Waals surface area contributed by atoms with Crippen LogP contribution in [0.3, 0.4) is 0 Å². The summed E-state index contributed by atoms with van der Waals surface area (Å²) >= 11 is 1.95. The Bertz CT molecular complexity index is 425. The van der Waals surface area contributed by atoms with Crippen LogP contribution < -0.4 is 5.73 Å². The van der Waals surface area contributed by atoms with E-state index >= 15 is 0 Å². The smallest absolute Gasteiger partial charge is 0.0703 e. The molecule has 0 aromatic carbocycles. The van der Waals surface area contributed by atoms with Gasteiger partial charge < -0.3 is 5.73 Å². The van der Waals surface area contributed by atoms with Crippen LogP contribution in [0.25, 0.3) is 0 Å². The monoisotopic (exact) mass is 202 g/mol. The number of hydrogen-bond acceptors (Lipinski definition) is 3. The Morgan fingerprint density at radius 2 is 2.43 bits per heavy atom. The normalized spacial score (nSPS) is 38.2. The van der Waals surface area contributed by atoms with E-state index in [1.165, 1.54) is 11.1 Å².